The lowest BCUT2D eigenvalue weighted by molar-refractivity contribution is -0.137. The monoisotopic (exact) mass is 218 g/mol. The van der Waals surface area contributed by atoms with E-state index >= 15 is 0 Å². The van der Waals surface area contributed by atoms with Crippen LogP contribution in [0.5, 0.6) is 5.75 Å². The fourth-order valence-electron chi connectivity index (χ4n) is 0.836. The van der Waals surface area contributed by atoms with Gasteiger partial charge in [0.05, 0.1) is 18.1 Å². The largest absolute Gasteiger partial charge is 0.491 e. The van der Waals surface area contributed by atoms with E-state index in [0.717, 1.165) is 6.07 Å². The summed E-state index contributed by atoms with van der Waals surface area (Å²) in [4.78, 5) is 10.2. The van der Waals surface area contributed by atoms with Crippen LogP contribution in [-0.4, -0.2) is 17.7 Å². The number of benzene rings is 1. The van der Waals surface area contributed by atoms with Gasteiger partial charge < -0.3 is 9.84 Å². The molecule has 0 atom stereocenters. The molecular weight excluding hydrogens is 211 g/mol. The molecule has 76 valence electrons. The summed E-state index contributed by atoms with van der Waals surface area (Å²) in [5.41, 5.74) is 0. The molecule has 0 saturated carbocycles. The van der Waals surface area contributed by atoms with Crippen molar-refractivity contribution >= 4 is 17.6 Å². The molecule has 3 nitrogen and oxygen atoms in total. The van der Waals surface area contributed by atoms with E-state index in [1.54, 1.807) is 0 Å². The number of halogens is 2. The van der Waals surface area contributed by atoms with Crippen LogP contribution in [-0.2, 0) is 4.79 Å². The molecule has 0 heterocycles. The highest BCUT2D eigenvalue weighted by atomic mass is 35.5. The molecule has 1 N–H and O–H groups in total. The standard InChI is InChI=1S/C9H8ClFO3/c10-7-2-1-6(11)5-8(7)14-4-3-9(12)13/h1-2,5H,3-4H2,(H,12,13). The van der Waals surface area contributed by atoms with Crippen molar-refractivity contribution in [2.45, 2.75) is 6.42 Å². The Balaban J connectivity index is 2.57. The average Bonchev–Trinajstić information content (AvgIpc) is 2.10. The normalized spacial score (nSPS) is 9.86. The van der Waals surface area contributed by atoms with Gasteiger partial charge >= 0.3 is 5.97 Å². The third-order valence-electron chi connectivity index (χ3n) is 1.47. The van der Waals surface area contributed by atoms with E-state index in [0.29, 0.717) is 0 Å². The Morgan fingerprint density at radius 2 is 2.29 bits per heavy atom. The average molecular weight is 219 g/mol. The first-order chi connectivity index (χ1) is 6.59. The van der Waals surface area contributed by atoms with Crippen molar-refractivity contribution in [3.05, 3.63) is 29.0 Å². The van der Waals surface area contributed by atoms with Crippen molar-refractivity contribution in [1.82, 2.24) is 0 Å². The maximum atomic E-state index is 12.7. The molecule has 0 bridgehead atoms. The number of ether oxygens (including phenoxy) is 1. The van der Waals surface area contributed by atoms with E-state index in [4.69, 9.17) is 21.4 Å². The van der Waals surface area contributed by atoms with Gasteiger partial charge in [-0.25, -0.2) is 4.39 Å². The molecule has 0 radical (unpaired) electrons. The highest BCUT2D eigenvalue weighted by Gasteiger charge is 2.04. The highest BCUT2D eigenvalue weighted by Crippen LogP contribution is 2.24. The third-order valence-corrected chi connectivity index (χ3v) is 1.78. The zero-order valence-corrected chi connectivity index (χ0v) is 7.92. The molecule has 1 aromatic carbocycles. The first-order valence-electron chi connectivity index (χ1n) is 3.89. The van der Waals surface area contributed by atoms with Crippen LogP contribution in [0.3, 0.4) is 0 Å². The van der Waals surface area contributed by atoms with E-state index < -0.39 is 11.8 Å². The zero-order chi connectivity index (χ0) is 10.6. The molecule has 5 heteroatoms. The Kier molecular flexibility index (Phi) is 3.71. The van der Waals surface area contributed by atoms with Crippen LogP contribution in [0.1, 0.15) is 6.42 Å². The number of carbonyl (C=O) groups is 1. The molecule has 1 rings (SSSR count). The molecule has 0 aromatic heterocycles. The Labute approximate surface area is 85.1 Å². The lowest BCUT2D eigenvalue weighted by Crippen LogP contribution is -2.05. The maximum Gasteiger partial charge on any atom is 0.306 e. The number of rotatable bonds is 4. The van der Waals surface area contributed by atoms with E-state index in [2.05, 4.69) is 0 Å². The number of carboxylic acid groups (broad SMARTS) is 1. The minimum absolute atomic E-state index is 0.0293. The van der Waals surface area contributed by atoms with Gasteiger partial charge in [-0.05, 0) is 12.1 Å². The van der Waals surface area contributed by atoms with Gasteiger partial charge in [0.15, 0.2) is 0 Å². The van der Waals surface area contributed by atoms with Gasteiger partial charge in [-0.1, -0.05) is 11.6 Å². The summed E-state index contributed by atoms with van der Waals surface area (Å²) < 4.78 is 17.7. The van der Waals surface area contributed by atoms with E-state index in [1.807, 2.05) is 0 Å². The first kappa shape index (κ1) is 10.8. The second kappa shape index (κ2) is 4.81. The number of hydrogen-bond donors (Lipinski definition) is 1. The van der Waals surface area contributed by atoms with Crippen LogP contribution in [0.2, 0.25) is 5.02 Å². The van der Waals surface area contributed by atoms with Crippen LogP contribution >= 0.6 is 11.6 Å². The minimum atomic E-state index is -0.975. The molecule has 0 aliphatic heterocycles. The molecule has 1 aromatic rings. The number of carboxylic acids is 1. The van der Waals surface area contributed by atoms with Crippen LogP contribution in [0.25, 0.3) is 0 Å². The molecule has 0 saturated heterocycles. The van der Waals surface area contributed by atoms with Gasteiger partial charge in [0.1, 0.15) is 11.6 Å². The second-order valence-electron chi connectivity index (χ2n) is 2.57. The summed E-state index contributed by atoms with van der Waals surface area (Å²) >= 11 is 5.67. The van der Waals surface area contributed by atoms with Gasteiger partial charge in [-0.2, -0.15) is 0 Å². The predicted octanol–water partition coefficient (Wildman–Crippen LogP) is 2.33. The van der Waals surface area contributed by atoms with Crippen LogP contribution in [0.15, 0.2) is 18.2 Å². The van der Waals surface area contributed by atoms with Crippen LogP contribution in [0.4, 0.5) is 4.39 Å². The molecule has 0 fully saturated rings. The van der Waals surface area contributed by atoms with Crippen LogP contribution < -0.4 is 4.74 Å². The maximum absolute atomic E-state index is 12.7. The van der Waals surface area contributed by atoms with Gasteiger partial charge in [0, 0.05) is 6.07 Å². The first-order valence-corrected chi connectivity index (χ1v) is 4.27. The van der Waals surface area contributed by atoms with Crippen molar-refractivity contribution in [1.29, 1.82) is 0 Å². The second-order valence-corrected chi connectivity index (χ2v) is 2.97. The fraction of sp³-hybridized carbons (Fsp3) is 0.222. The van der Waals surface area contributed by atoms with Crippen molar-refractivity contribution in [3.63, 3.8) is 0 Å². The quantitative estimate of drug-likeness (QED) is 0.844. The Bertz CT molecular complexity index is 341. The van der Waals surface area contributed by atoms with Gasteiger partial charge in [0.2, 0.25) is 0 Å². The summed E-state index contributed by atoms with van der Waals surface area (Å²) in [6.45, 7) is -0.0293. The predicted molar refractivity (Wildman–Crippen MR) is 49.2 cm³/mol. The summed E-state index contributed by atoms with van der Waals surface area (Å²) in [6, 6.07) is 3.67. The molecule has 0 aliphatic carbocycles. The lowest BCUT2D eigenvalue weighted by atomic mass is 10.3. The summed E-state index contributed by atoms with van der Waals surface area (Å²) in [6.07, 6.45) is -0.146. The number of aliphatic carboxylic acids is 1. The molecule has 0 amide bonds. The summed E-state index contributed by atoms with van der Waals surface area (Å²) in [5, 5.41) is 8.59. The molecule has 0 spiro atoms. The Morgan fingerprint density at radius 1 is 1.57 bits per heavy atom. The van der Waals surface area contributed by atoms with Crippen molar-refractivity contribution in [3.8, 4) is 5.75 Å². The van der Waals surface area contributed by atoms with E-state index in [1.165, 1.54) is 12.1 Å². The summed E-state index contributed by atoms with van der Waals surface area (Å²) in [7, 11) is 0. The SMILES string of the molecule is O=C(O)CCOc1cc(F)ccc1Cl. The Morgan fingerprint density at radius 3 is 2.93 bits per heavy atom. The summed E-state index contributed by atoms with van der Waals surface area (Å²) in [5.74, 6) is -1.29. The molecule has 0 unspecified atom stereocenters. The number of hydrogen-bond acceptors (Lipinski definition) is 2. The molecule has 0 aliphatic rings. The van der Waals surface area contributed by atoms with Crippen molar-refractivity contribution in [2.75, 3.05) is 6.61 Å². The topological polar surface area (TPSA) is 46.5 Å². The molecular formula is C9H8ClFO3. The van der Waals surface area contributed by atoms with Gasteiger partial charge in [-0.3, -0.25) is 4.79 Å². The van der Waals surface area contributed by atoms with Gasteiger partial charge in [-0.15, -0.1) is 0 Å². The van der Waals surface area contributed by atoms with Crippen LogP contribution in [0, 0.1) is 5.82 Å². The third kappa shape index (κ3) is 3.22. The Hall–Kier alpha value is -1.29. The van der Waals surface area contributed by atoms with E-state index in [9.17, 15) is 9.18 Å². The highest BCUT2D eigenvalue weighted by molar-refractivity contribution is 6.32. The van der Waals surface area contributed by atoms with Gasteiger partial charge in [0.25, 0.3) is 0 Å². The lowest BCUT2D eigenvalue weighted by Gasteiger charge is -2.05. The minimum Gasteiger partial charge on any atom is -0.491 e. The van der Waals surface area contributed by atoms with E-state index in [-0.39, 0.29) is 23.8 Å². The smallest absolute Gasteiger partial charge is 0.306 e. The molecule has 14 heavy (non-hydrogen) atoms. The zero-order valence-electron chi connectivity index (χ0n) is 7.17. The fourth-order valence-corrected chi connectivity index (χ4v) is 1.01. The van der Waals surface area contributed by atoms with Crippen molar-refractivity contribution in [2.24, 2.45) is 0 Å². The van der Waals surface area contributed by atoms with Crippen molar-refractivity contribution < 1.29 is 19.0 Å².